The summed E-state index contributed by atoms with van der Waals surface area (Å²) in [5.74, 6) is 0.369. The molecule has 5 heteroatoms. The third-order valence-electron chi connectivity index (χ3n) is 3.82. The maximum absolute atomic E-state index is 12.1. The summed E-state index contributed by atoms with van der Waals surface area (Å²) < 4.78 is 5.99. The molecule has 1 saturated heterocycles. The van der Waals surface area contributed by atoms with Crippen LogP contribution in [0.3, 0.4) is 0 Å². The molecule has 23 heavy (non-hydrogen) atoms. The number of amides is 1. The minimum absolute atomic E-state index is 0.118. The zero-order valence-electron chi connectivity index (χ0n) is 13.5. The van der Waals surface area contributed by atoms with Gasteiger partial charge in [-0.3, -0.25) is 4.79 Å². The standard InChI is InChI=1S/C18H22BrNO3/c1-13-8-14(2)11-20(10-13)17(21)12-23-18(22)7-6-15-4-3-5-16(19)9-15/h3-7,9,13-14H,8,10-12H2,1-2H3/b7-6+/t13-,14-/m1/s1. The number of hydrogen-bond acceptors (Lipinski definition) is 3. The maximum Gasteiger partial charge on any atom is 0.331 e. The summed E-state index contributed by atoms with van der Waals surface area (Å²) in [6.45, 7) is 5.58. The van der Waals surface area contributed by atoms with Crippen LogP contribution in [0.4, 0.5) is 0 Å². The van der Waals surface area contributed by atoms with Crippen molar-refractivity contribution in [2.75, 3.05) is 19.7 Å². The molecule has 1 aromatic carbocycles. The molecule has 0 spiro atoms. The average molecular weight is 380 g/mol. The van der Waals surface area contributed by atoms with Gasteiger partial charge in [0.1, 0.15) is 0 Å². The number of esters is 1. The first-order chi connectivity index (χ1) is 10.9. The van der Waals surface area contributed by atoms with E-state index < -0.39 is 5.97 Å². The van der Waals surface area contributed by atoms with Crippen LogP contribution in [0.25, 0.3) is 6.08 Å². The van der Waals surface area contributed by atoms with E-state index in [1.807, 2.05) is 24.3 Å². The first-order valence-corrected chi connectivity index (χ1v) is 8.61. The van der Waals surface area contributed by atoms with Crippen LogP contribution >= 0.6 is 15.9 Å². The van der Waals surface area contributed by atoms with Gasteiger partial charge in [0.2, 0.25) is 0 Å². The Balaban J connectivity index is 1.80. The molecule has 124 valence electrons. The Morgan fingerprint density at radius 3 is 2.65 bits per heavy atom. The lowest BCUT2D eigenvalue weighted by molar-refractivity contribution is -0.149. The fourth-order valence-corrected chi connectivity index (χ4v) is 3.33. The van der Waals surface area contributed by atoms with Crippen molar-refractivity contribution in [2.24, 2.45) is 11.8 Å². The Bertz CT molecular complexity index is 590. The fourth-order valence-electron chi connectivity index (χ4n) is 2.91. The number of piperidine rings is 1. The maximum atomic E-state index is 12.1. The highest BCUT2D eigenvalue weighted by Crippen LogP contribution is 2.20. The van der Waals surface area contributed by atoms with Gasteiger partial charge < -0.3 is 9.64 Å². The zero-order chi connectivity index (χ0) is 16.8. The van der Waals surface area contributed by atoms with Crippen molar-refractivity contribution in [3.8, 4) is 0 Å². The van der Waals surface area contributed by atoms with E-state index in [4.69, 9.17) is 4.74 Å². The normalized spacial score (nSPS) is 21.4. The van der Waals surface area contributed by atoms with Gasteiger partial charge in [-0.1, -0.05) is 41.9 Å². The molecule has 1 aliphatic heterocycles. The summed E-state index contributed by atoms with van der Waals surface area (Å²) in [5.41, 5.74) is 0.890. The van der Waals surface area contributed by atoms with E-state index in [2.05, 4.69) is 29.8 Å². The summed E-state index contributed by atoms with van der Waals surface area (Å²) in [7, 11) is 0. The van der Waals surface area contributed by atoms with E-state index in [0.29, 0.717) is 11.8 Å². The van der Waals surface area contributed by atoms with Gasteiger partial charge in [-0.2, -0.15) is 0 Å². The number of nitrogens with zero attached hydrogens (tertiary/aromatic N) is 1. The fraction of sp³-hybridized carbons (Fsp3) is 0.444. The van der Waals surface area contributed by atoms with Crippen LogP contribution in [0.5, 0.6) is 0 Å². The predicted octanol–water partition coefficient (Wildman–Crippen LogP) is 3.51. The number of benzene rings is 1. The first-order valence-electron chi connectivity index (χ1n) is 7.82. The summed E-state index contributed by atoms with van der Waals surface area (Å²) in [6, 6.07) is 7.58. The van der Waals surface area contributed by atoms with Crippen molar-refractivity contribution < 1.29 is 14.3 Å². The molecule has 1 aliphatic rings. The molecular weight excluding hydrogens is 358 g/mol. The van der Waals surface area contributed by atoms with Crippen molar-refractivity contribution >= 4 is 33.9 Å². The number of carbonyl (C=O) groups excluding carboxylic acids is 2. The number of halogens is 1. The SMILES string of the molecule is C[C@@H]1C[C@@H](C)CN(C(=O)COC(=O)/C=C/c2cccc(Br)c2)C1. The first kappa shape index (κ1) is 17.7. The second kappa shape index (κ2) is 8.29. The van der Waals surface area contributed by atoms with Crippen LogP contribution in [-0.2, 0) is 14.3 Å². The second-order valence-electron chi connectivity index (χ2n) is 6.24. The monoisotopic (exact) mass is 379 g/mol. The lowest BCUT2D eigenvalue weighted by Gasteiger charge is -2.34. The summed E-state index contributed by atoms with van der Waals surface area (Å²) in [5, 5.41) is 0. The molecule has 1 heterocycles. The van der Waals surface area contributed by atoms with Crippen LogP contribution < -0.4 is 0 Å². The van der Waals surface area contributed by atoms with Crippen LogP contribution in [0.15, 0.2) is 34.8 Å². The van der Waals surface area contributed by atoms with E-state index in [1.165, 1.54) is 6.08 Å². The van der Waals surface area contributed by atoms with Crippen LogP contribution in [-0.4, -0.2) is 36.5 Å². The Hall–Kier alpha value is -1.62. The van der Waals surface area contributed by atoms with Gasteiger partial charge in [-0.15, -0.1) is 0 Å². The van der Waals surface area contributed by atoms with Gasteiger partial charge in [0.25, 0.3) is 5.91 Å². The lowest BCUT2D eigenvalue weighted by atomic mass is 9.92. The van der Waals surface area contributed by atoms with Gasteiger partial charge in [0.15, 0.2) is 6.61 Å². The predicted molar refractivity (Wildman–Crippen MR) is 93.7 cm³/mol. The molecule has 1 aromatic rings. The molecule has 1 fully saturated rings. The third-order valence-corrected chi connectivity index (χ3v) is 4.31. The highest BCUT2D eigenvalue weighted by atomic mass is 79.9. The number of likely N-dealkylation sites (tertiary alicyclic amines) is 1. The zero-order valence-corrected chi connectivity index (χ0v) is 15.1. The van der Waals surface area contributed by atoms with E-state index >= 15 is 0 Å². The van der Waals surface area contributed by atoms with E-state index in [-0.39, 0.29) is 12.5 Å². The molecule has 0 bridgehead atoms. The number of hydrogen-bond donors (Lipinski definition) is 0. The minimum atomic E-state index is -0.503. The average Bonchev–Trinajstić information content (AvgIpc) is 2.49. The molecule has 0 radical (unpaired) electrons. The van der Waals surface area contributed by atoms with E-state index in [1.54, 1.807) is 11.0 Å². The molecule has 1 amide bonds. The van der Waals surface area contributed by atoms with Gasteiger partial charge >= 0.3 is 5.97 Å². The van der Waals surface area contributed by atoms with Crippen molar-refractivity contribution in [1.82, 2.24) is 4.90 Å². The second-order valence-corrected chi connectivity index (χ2v) is 7.16. The van der Waals surface area contributed by atoms with Crippen molar-refractivity contribution in [2.45, 2.75) is 20.3 Å². The van der Waals surface area contributed by atoms with Crippen molar-refractivity contribution in [3.63, 3.8) is 0 Å². The topological polar surface area (TPSA) is 46.6 Å². The van der Waals surface area contributed by atoms with E-state index in [0.717, 1.165) is 29.5 Å². The van der Waals surface area contributed by atoms with Crippen LogP contribution in [0.1, 0.15) is 25.8 Å². The van der Waals surface area contributed by atoms with Gasteiger partial charge in [0.05, 0.1) is 0 Å². The lowest BCUT2D eigenvalue weighted by Crippen LogP contribution is -2.44. The highest BCUT2D eigenvalue weighted by molar-refractivity contribution is 9.10. The summed E-state index contributed by atoms with van der Waals surface area (Å²) in [6.07, 6.45) is 4.15. The molecule has 0 aromatic heterocycles. The van der Waals surface area contributed by atoms with Gasteiger partial charge in [-0.05, 0) is 42.0 Å². The van der Waals surface area contributed by atoms with Gasteiger partial charge in [0, 0.05) is 23.6 Å². The molecular formula is C18H22BrNO3. The number of carbonyl (C=O) groups is 2. The number of ether oxygens (including phenoxy) is 1. The third kappa shape index (κ3) is 5.82. The summed E-state index contributed by atoms with van der Waals surface area (Å²) >= 11 is 3.37. The summed E-state index contributed by atoms with van der Waals surface area (Å²) in [4.78, 5) is 25.7. The Kier molecular flexibility index (Phi) is 6.39. The molecule has 4 nitrogen and oxygen atoms in total. The van der Waals surface area contributed by atoms with Crippen LogP contribution in [0, 0.1) is 11.8 Å². The molecule has 2 atom stereocenters. The Labute approximate surface area is 145 Å². The molecule has 0 N–H and O–H groups in total. The number of rotatable bonds is 4. The quantitative estimate of drug-likeness (QED) is 0.593. The smallest absolute Gasteiger partial charge is 0.331 e. The molecule has 0 saturated carbocycles. The minimum Gasteiger partial charge on any atom is -0.452 e. The molecule has 0 unspecified atom stereocenters. The Morgan fingerprint density at radius 2 is 2.00 bits per heavy atom. The highest BCUT2D eigenvalue weighted by Gasteiger charge is 2.25. The largest absolute Gasteiger partial charge is 0.452 e. The molecule has 0 aliphatic carbocycles. The van der Waals surface area contributed by atoms with Crippen molar-refractivity contribution in [1.29, 1.82) is 0 Å². The van der Waals surface area contributed by atoms with Crippen LogP contribution in [0.2, 0.25) is 0 Å². The van der Waals surface area contributed by atoms with Gasteiger partial charge in [-0.25, -0.2) is 4.79 Å². The molecule has 2 rings (SSSR count). The van der Waals surface area contributed by atoms with Crippen molar-refractivity contribution in [3.05, 3.63) is 40.4 Å². The Morgan fingerprint density at radius 1 is 1.30 bits per heavy atom. The van der Waals surface area contributed by atoms with E-state index in [9.17, 15) is 9.59 Å².